The van der Waals surface area contributed by atoms with Crippen LogP contribution in [0, 0.1) is 0 Å². The third-order valence-electron chi connectivity index (χ3n) is 2.15. The normalized spacial score (nSPS) is 10.3. The van der Waals surface area contributed by atoms with Crippen molar-refractivity contribution in [2.45, 2.75) is 4.90 Å². The van der Waals surface area contributed by atoms with E-state index in [-0.39, 0.29) is 0 Å². The van der Waals surface area contributed by atoms with Gasteiger partial charge in [-0.05, 0) is 24.5 Å². The first-order valence-electron chi connectivity index (χ1n) is 4.68. The van der Waals surface area contributed by atoms with Gasteiger partial charge in [0.05, 0.1) is 0 Å². The lowest BCUT2D eigenvalue weighted by Gasteiger charge is -2.06. The number of aromatic nitrogens is 2. The number of nitrogens with zero attached hydrogens (tertiary/aromatic N) is 2. The number of hydrogen-bond acceptors (Lipinski definition) is 3. The molecule has 0 unspecified atom stereocenters. The average molecular weight is 219 g/mol. The van der Waals surface area contributed by atoms with Gasteiger partial charge in [-0.1, -0.05) is 6.07 Å². The molecule has 0 spiro atoms. The van der Waals surface area contributed by atoms with Gasteiger partial charge < -0.3 is 9.88 Å². The molecule has 2 rings (SSSR count). The molecule has 0 aliphatic rings. The van der Waals surface area contributed by atoms with Crippen LogP contribution in [-0.2, 0) is 7.05 Å². The van der Waals surface area contributed by atoms with Crippen molar-refractivity contribution >= 4 is 23.4 Å². The summed E-state index contributed by atoms with van der Waals surface area (Å²) in [6.45, 7) is 0. The van der Waals surface area contributed by atoms with Gasteiger partial charge in [0.1, 0.15) is 0 Å². The third kappa shape index (κ3) is 2.33. The van der Waals surface area contributed by atoms with Crippen LogP contribution in [0.4, 0.5) is 11.6 Å². The zero-order chi connectivity index (χ0) is 10.7. The summed E-state index contributed by atoms with van der Waals surface area (Å²) < 4.78 is 1.95. The van der Waals surface area contributed by atoms with Crippen LogP contribution in [0.5, 0.6) is 0 Å². The molecule has 0 fully saturated rings. The molecule has 15 heavy (non-hydrogen) atoms. The van der Waals surface area contributed by atoms with Gasteiger partial charge >= 0.3 is 0 Å². The average Bonchev–Trinajstić information content (AvgIpc) is 2.65. The smallest absolute Gasteiger partial charge is 0.207 e. The van der Waals surface area contributed by atoms with Crippen LogP contribution in [0.15, 0.2) is 41.6 Å². The fraction of sp³-hybridized carbons (Fsp3) is 0.182. The van der Waals surface area contributed by atoms with Crippen LogP contribution in [-0.4, -0.2) is 15.8 Å². The van der Waals surface area contributed by atoms with Gasteiger partial charge in [-0.15, -0.1) is 11.8 Å². The number of nitrogens with one attached hydrogen (secondary N) is 1. The SMILES string of the molecule is CSc1cccc(Nc2nccn2C)c1. The predicted octanol–water partition coefficient (Wildman–Crippen LogP) is 2.89. The molecular weight excluding hydrogens is 206 g/mol. The molecule has 0 bridgehead atoms. The molecule has 4 heteroatoms. The Morgan fingerprint density at radius 2 is 2.27 bits per heavy atom. The predicted molar refractivity (Wildman–Crippen MR) is 64.7 cm³/mol. The Balaban J connectivity index is 2.21. The first-order valence-corrected chi connectivity index (χ1v) is 5.90. The zero-order valence-electron chi connectivity index (χ0n) is 8.77. The number of benzene rings is 1. The minimum absolute atomic E-state index is 0.855. The molecule has 1 aromatic heterocycles. The van der Waals surface area contributed by atoms with Crippen molar-refractivity contribution < 1.29 is 0 Å². The third-order valence-corrected chi connectivity index (χ3v) is 2.87. The Bertz CT molecular complexity index is 451. The molecule has 1 heterocycles. The highest BCUT2D eigenvalue weighted by molar-refractivity contribution is 7.98. The number of imidazole rings is 1. The molecule has 78 valence electrons. The van der Waals surface area contributed by atoms with E-state index in [9.17, 15) is 0 Å². The minimum atomic E-state index is 0.855. The van der Waals surface area contributed by atoms with Crippen molar-refractivity contribution in [3.05, 3.63) is 36.7 Å². The number of thioether (sulfide) groups is 1. The summed E-state index contributed by atoms with van der Waals surface area (Å²) in [5.74, 6) is 0.855. The van der Waals surface area contributed by atoms with E-state index in [0.717, 1.165) is 11.6 Å². The number of aryl methyl sites for hydroxylation is 1. The van der Waals surface area contributed by atoms with Gasteiger partial charge in [-0.3, -0.25) is 0 Å². The largest absolute Gasteiger partial charge is 0.326 e. The number of hydrogen-bond donors (Lipinski definition) is 1. The first-order chi connectivity index (χ1) is 7.29. The van der Waals surface area contributed by atoms with Crippen molar-refractivity contribution in [3.63, 3.8) is 0 Å². The molecule has 0 saturated carbocycles. The van der Waals surface area contributed by atoms with E-state index >= 15 is 0 Å². The highest BCUT2D eigenvalue weighted by Crippen LogP contribution is 2.21. The van der Waals surface area contributed by atoms with Gasteiger partial charge in [-0.25, -0.2) is 4.98 Å². The summed E-state index contributed by atoms with van der Waals surface area (Å²) in [6, 6.07) is 8.28. The fourth-order valence-corrected chi connectivity index (χ4v) is 1.78. The lowest BCUT2D eigenvalue weighted by atomic mass is 10.3. The van der Waals surface area contributed by atoms with E-state index < -0.39 is 0 Å². The van der Waals surface area contributed by atoms with Crippen molar-refractivity contribution in [1.82, 2.24) is 9.55 Å². The lowest BCUT2D eigenvalue weighted by Crippen LogP contribution is -1.98. The number of rotatable bonds is 3. The molecule has 0 aliphatic carbocycles. The van der Waals surface area contributed by atoms with Crippen LogP contribution < -0.4 is 5.32 Å². The topological polar surface area (TPSA) is 29.9 Å². The Morgan fingerprint density at radius 1 is 1.40 bits per heavy atom. The Labute approximate surface area is 93.5 Å². The Hall–Kier alpha value is -1.42. The summed E-state index contributed by atoms with van der Waals surface area (Å²) in [4.78, 5) is 5.46. The van der Waals surface area contributed by atoms with Crippen molar-refractivity contribution in [3.8, 4) is 0 Å². The molecule has 2 aromatic rings. The molecule has 0 atom stereocenters. The monoisotopic (exact) mass is 219 g/mol. The number of anilines is 2. The maximum absolute atomic E-state index is 4.21. The summed E-state index contributed by atoms with van der Waals surface area (Å²) in [6.07, 6.45) is 5.77. The quantitative estimate of drug-likeness (QED) is 0.805. The molecule has 3 nitrogen and oxygen atoms in total. The minimum Gasteiger partial charge on any atom is -0.326 e. The summed E-state index contributed by atoms with van der Waals surface area (Å²) >= 11 is 1.73. The Kier molecular flexibility index (Phi) is 2.97. The van der Waals surface area contributed by atoms with Crippen LogP contribution in [0.25, 0.3) is 0 Å². The van der Waals surface area contributed by atoms with Crippen LogP contribution in [0.2, 0.25) is 0 Å². The fourth-order valence-electron chi connectivity index (χ4n) is 1.32. The van der Waals surface area contributed by atoms with E-state index in [4.69, 9.17) is 0 Å². The standard InChI is InChI=1S/C11H13N3S/c1-14-7-6-12-11(14)13-9-4-3-5-10(8-9)15-2/h3-8H,1-2H3,(H,12,13). The van der Waals surface area contributed by atoms with E-state index in [1.54, 1.807) is 18.0 Å². The second kappa shape index (κ2) is 4.40. The van der Waals surface area contributed by atoms with Crippen molar-refractivity contribution in [2.24, 2.45) is 7.05 Å². The summed E-state index contributed by atoms with van der Waals surface area (Å²) in [7, 11) is 1.97. The van der Waals surface area contributed by atoms with Gasteiger partial charge in [0.25, 0.3) is 0 Å². The van der Waals surface area contributed by atoms with Gasteiger partial charge in [0.15, 0.2) is 0 Å². The maximum atomic E-state index is 4.21. The van der Waals surface area contributed by atoms with Crippen molar-refractivity contribution in [2.75, 3.05) is 11.6 Å². The molecule has 1 N–H and O–H groups in total. The summed E-state index contributed by atoms with van der Waals surface area (Å²) in [5.41, 5.74) is 1.07. The van der Waals surface area contributed by atoms with E-state index in [2.05, 4.69) is 28.7 Å². The second-order valence-corrected chi connectivity index (χ2v) is 4.10. The Morgan fingerprint density at radius 3 is 2.93 bits per heavy atom. The molecule has 0 aliphatic heterocycles. The van der Waals surface area contributed by atoms with Gasteiger partial charge in [-0.2, -0.15) is 0 Å². The van der Waals surface area contributed by atoms with E-state index in [0.29, 0.717) is 0 Å². The van der Waals surface area contributed by atoms with E-state index in [1.807, 2.05) is 29.9 Å². The molecule has 0 radical (unpaired) electrons. The second-order valence-electron chi connectivity index (χ2n) is 3.22. The van der Waals surface area contributed by atoms with Gasteiger partial charge in [0.2, 0.25) is 5.95 Å². The van der Waals surface area contributed by atoms with Gasteiger partial charge in [0, 0.05) is 30.0 Å². The van der Waals surface area contributed by atoms with Crippen LogP contribution in [0.3, 0.4) is 0 Å². The molecule has 0 saturated heterocycles. The maximum Gasteiger partial charge on any atom is 0.207 e. The summed E-state index contributed by atoms with van der Waals surface area (Å²) in [5, 5.41) is 3.27. The van der Waals surface area contributed by atoms with Crippen LogP contribution in [0.1, 0.15) is 0 Å². The molecule has 1 aromatic carbocycles. The molecular formula is C11H13N3S. The lowest BCUT2D eigenvalue weighted by molar-refractivity contribution is 0.924. The van der Waals surface area contributed by atoms with Crippen molar-refractivity contribution in [1.29, 1.82) is 0 Å². The highest BCUT2D eigenvalue weighted by atomic mass is 32.2. The molecule has 0 amide bonds. The zero-order valence-corrected chi connectivity index (χ0v) is 9.58. The van der Waals surface area contributed by atoms with E-state index in [1.165, 1.54) is 4.90 Å². The first kappa shape index (κ1) is 10.1. The van der Waals surface area contributed by atoms with Crippen LogP contribution >= 0.6 is 11.8 Å². The highest BCUT2D eigenvalue weighted by Gasteiger charge is 1.99.